The van der Waals surface area contributed by atoms with Crippen LogP contribution in [0, 0.1) is 0 Å². The fourth-order valence-electron chi connectivity index (χ4n) is 6.27. The van der Waals surface area contributed by atoms with Crippen LogP contribution in [-0.2, 0) is 32.7 Å². The smallest absolute Gasteiger partial charge is 0.472 e. The molecule has 0 aliphatic carbocycles. The van der Waals surface area contributed by atoms with Gasteiger partial charge in [0.25, 0.3) is 0 Å². The fraction of sp³-hybridized carbons (Fsp3) is 0.804. The maximum absolute atomic E-state index is 12.3. The van der Waals surface area contributed by atoms with Crippen molar-refractivity contribution >= 4 is 25.7 Å². The summed E-state index contributed by atoms with van der Waals surface area (Å²) in [6.45, 7) is 2.52. The molecule has 11 nitrogen and oxygen atoms in total. The van der Waals surface area contributed by atoms with Crippen molar-refractivity contribution in [1.82, 2.24) is 5.32 Å². The number of unbranched alkanes of at least 4 members (excludes halogenated alkanes) is 23. The summed E-state index contributed by atoms with van der Waals surface area (Å²) in [7, 11) is -4.76. The molecule has 0 aliphatic rings. The number of hydrogen-bond donors (Lipinski definition) is 4. The summed E-state index contributed by atoms with van der Waals surface area (Å²) in [5, 5.41) is 21.8. The summed E-state index contributed by atoms with van der Waals surface area (Å²) in [5.74, 6) is -2.38. The number of ether oxygens (including phenoxy) is 1. The Morgan fingerprint density at radius 3 is 1.47 bits per heavy atom. The monoisotopic (exact) mass is 842 g/mol. The van der Waals surface area contributed by atoms with Crippen molar-refractivity contribution in [3.63, 3.8) is 0 Å². The third-order valence-electron chi connectivity index (χ3n) is 9.90. The molecule has 0 rings (SSSR count). The number of phosphoric acid groups is 1. The molecule has 0 heterocycles. The van der Waals surface area contributed by atoms with Gasteiger partial charge in [0.15, 0.2) is 6.04 Å². The normalized spacial score (nSPS) is 14.0. The minimum absolute atomic E-state index is 0.145. The number of esters is 1. The molecule has 3 atom stereocenters. The van der Waals surface area contributed by atoms with Gasteiger partial charge in [-0.25, -0.2) is 9.36 Å². The van der Waals surface area contributed by atoms with E-state index in [1.54, 1.807) is 0 Å². The van der Waals surface area contributed by atoms with Crippen LogP contribution in [-0.4, -0.2) is 64.9 Å². The highest BCUT2D eigenvalue weighted by Crippen LogP contribution is 2.43. The lowest BCUT2D eigenvalue weighted by atomic mass is 10.0. The summed E-state index contributed by atoms with van der Waals surface area (Å²) in [6.07, 6.45) is 44.6. The molecule has 58 heavy (non-hydrogen) atoms. The van der Waals surface area contributed by atoms with Crippen LogP contribution in [0.3, 0.4) is 0 Å². The molecule has 0 aliphatic heterocycles. The van der Waals surface area contributed by atoms with E-state index >= 15 is 0 Å². The van der Waals surface area contributed by atoms with Gasteiger partial charge in [-0.05, 0) is 64.2 Å². The highest BCUT2D eigenvalue weighted by Gasteiger charge is 2.28. The number of carboxylic acid groups (broad SMARTS) is 1. The first-order valence-corrected chi connectivity index (χ1v) is 24.5. The number of phosphoric ester groups is 1. The lowest BCUT2D eigenvalue weighted by Gasteiger charge is -2.18. The summed E-state index contributed by atoms with van der Waals surface area (Å²) in [6, 6.07) is -1.55. The topological polar surface area (TPSA) is 169 Å². The fourth-order valence-corrected chi connectivity index (χ4v) is 7.04. The van der Waals surface area contributed by atoms with Crippen molar-refractivity contribution in [2.45, 2.75) is 219 Å². The summed E-state index contributed by atoms with van der Waals surface area (Å²) in [5.41, 5.74) is 0. The van der Waals surface area contributed by atoms with Gasteiger partial charge in [-0.1, -0.05) is 166 Å². The van der Waals surface area contributed by atoms with E-state index in [0.717, 1.165) is 64.2 Å². The SMILES string of the molecule is CCCC/C=C\CCCCCCCC(=O)OCC(O)COP(=O)(O)OCC(NC(=O)CCCCCCCCCCCCCCC/C=C\C/C=C\CCCCC)C(=O)O. The Morgan fingerprint density at radius 2 is 0.966 bits per heavy atom. The van der Waals surface area contributed by atoms with Crippen LogP contribution in [0.5, 0.6) is 0 Å². The summed E-state index contributed by atoms with van der Waals surface area (Å²) in [4.78, 5) is 45.9. The number of aliphatic hydroxyl groups is 1. The summed E-state index contributed by atoms with van der Waals surface area (Å²) >= 11 is 0. The van der Waals surface area contributed by atoms with E-state index in [1.165, 1.54) is 103 Å². The molecule has 0 aromatic rings. The van der Waals surface area contributed by atoms with Crippen molar-refractivity contribution in [1.29, 1.82) is 0 Å². The van der Waals surface area contributed by atoms with E-state index in [-0.39, 0.29) is 12.8 Å². The van der Waals surface area contributed by atoms with Crippen LogP contribution >= 0.6 is 7.82 Å². The first-order chi connectivity index (χ1) is 28.1. The maximum atomic E-state index is 12.3. The predicted octanol–water partition coefficient (Wildman–Crippen LogP) is 12.0. The zero-order valence-electron chi connectivity index (χ0n) is 36.6. The van der Waals surface area contributed by atoms with E-state index in [2.05, 4.69) is 55.6 Å². The van der Waals surface area contributed by atoms with Gasteiger partial charge in [-0.15, -0.1) is 0 Å². The number of allylic oxidation sites excluding steroid dienone is 6. The maximum Gasteiger partial charge on any atom is 0.472 e. The van der Waals surface area contributed by atoms with Crippen molar-refractivity contribution in [2.75, 3.05) is 19.8 Å². The average molecular weight is 842 g/mol. The molecule has 1 amide bonds. The minimum Gasteiger partial charge on any atom is -0.480 e. The van der Waals surface area contributed by atoms with Crippen LogP contribution in [0.1, 0.15) is 206 Å². The molecule has 0 bridgehead atoms. The molecule has 0 radical (unpaired) electrons. The Hall–Kier alpha value is -2.30. The highest BCUT2D eigenvalue weighted by molar-refractivity contribution is 7.47. The van der Waals surface area contributed by atoms with E-state index in [1.807, 2.05) is 0 Å². The second-order valence-electron chi connectivity index (χ2n) is 15.6. The van der Waals surface area contributed by atoms with Crippen molar-refractivity contribution in [3.05, 3.63) is 36.5 Å². The van der Waals surface area contributed by atoms with Gasteiger partial charge in [0.1, 0.15) is 12.7 Å². The zero-order valence-corrected chi connectivity index (χ0v) is 37.5. The Kier molecular flexibility index (Phi) is 39.8. The van der Waals surface area contributed by atoms with Crippen LogP contribution in [0.25, 0.3) is 0 Å². The number of hydrogen-bond acceptors (Lipinski definition) is 8. The van der Waals surface area contributed by atoms with E-state index in [4.69, 9.17) is 13.8 Å². The highest BCUT2D eigenvalue weighted by atomic mass is 31.2. The zero-order chi connectivity index (χ0) is 42.8. The number of carbonyl (C=O) groups excluding carboxylic acids is 2. The molecule has 0 aromatic carbocycles. The molecule has 12 heteroatoms. The minimum atomic E-state index is -4.76. The number of carbonyl (C=O) groups is 3. The molecular formula is C46H84NO10P. The van der Waals surface area contributed by atoms with Crippen LogP contribution in [0.4, 0.5) is 0 Å². The number of carboxylic acids is 1. The number of aliphatic carboxylic acids is 1. The Bertz CT molecular complexity index is 1130. The summed E-state index contributed by atoms with van der Waals surface area (Å²) < 4.78 is 26.8. The van der Waals surface area contributed by atoms with Gasteiger partial charge >= 0.3 is 19.8 Å². The van der Waals surface area contributed by atoms with Crippen LogP contribution in [0.2, 0.25) is 0 Å². The number of rotatable bonds is 43. The molecule has 4 N–H and O–H groups in total. The van der Waals surface area contributed by atoms with Gasteiger partial charge in [-0.3, -0.25) is 18.6 Å². The standard InChI is InChI=1S/C46H84NO10P/c1-3-5-7-9-11-13-15-16-17-18-19-20-21-22-23-24-25-26-28-29-31-33-35-37-44(49)47-43(46(51)52)41-57-58(53,54)56-40-42(48)39-55-45(50)38-36-34-32-30-27-14-12-10-8-6-4-2/h10-13,16-17,42-43,48H,3-9,14-15,18-41H2,1-2H3,(H,47,49)(H,51,52)(H,53,54)/b12-10-,13-11-,17-16-. The van der Waals surface area contributed by atoms with Crippen LogP contribution < -0.4 is 5.32 Å². The number of aliphatic hydroxyl groups excluding tert-OH is 1. The lowest BCUT2D eigenvalue weighted by molar-refractivity contribution is -0.147. The largest absolute Gasteiger partial charge is 0.480 e. The van der Waals surface area contributed by atoms with E-state index in [0.29, 0.717) is 12.8 Å². The Balaban J connectivity index is 3.84. The quantitative estimate of drug-likeness (QED) is 0.0201. The predicted molar refractivity (Wildman–Crippen MR) is 236 cm³/mol. The van der Waals surface area contributed by atoms with Crippen molar-refractivity contribution < 1.29 is 47.8 Å². The van der Waals surface area contributed by atoms with Gasteiger partial charge in [0, 0.05) is 12.8 Å². The first kappa shape index (κ1) is 55.7. The molecule has 338 valence electrons. The van der Waals surface area contributed by atoms with E-state index < -0.39 is 57.6 Å². The molecule has 0 saturated carbocycles. The Morgan fingerprint density at radius 1 is 0.552 bits per heavy atom. The molecular weight excluding hydrogens is 757 g/mol. The van der Waals surface area contributed by atoms with Gasteiger partial charge < -0.3 is 25.2 Å². The number of nitrogens with one attached hydrogen (secondary N) is 1. The lowest BCUT2D eigenvalue weighted by Crippen LogP contribution is -2.43. The van der Waals surface area contributed by atoms with Crippen LogP contribution in [0.15, 0.2) is 36.5 Å². The molecule has 0 saturated heterocycles. The van der Waals surface area contributed by atoms with Crippen molar-refractivity contribution in [3.8, 4) is 0 Å². The second kappa shape index (κ2) is 41.4. The third kappa shape index (κ3) is 40.5. The third-order valence-corrected chi connectivity index (χ3v) is 10.9. The molecule has 0 fully saturated rings. The first-order valence-electron chi connectivity index (χ1n) is 23.0. The Labute approximate surface area is 352 Å². The molecule has 0 aromatic heterocycles. The van der Waals surface area contributed by atoms with Gasteiger partial charge in [0.05, 0.1) is 13.2 Å². The van der Waals surface area contributed by atoms with Gasteiger partial charge in [-0.2, -0.15) is 0 Å². The second-order valence-corrected chi connectivity index (χ2v) is 17.0. The average Bonchev–Trinajstić information content (AvgIpc) is 3.20. The van der Waals surface area contributed by atoms with Gasteiger partial charge in [0.2, 0.25) is 5.91 Å². The molecule has 0 spiro atoms. The van der Waals surface area contributed by atoms with Crippen molar-refractivity contribution in [2.24, 2.45) is 0 Å². The number of amides is 1. The molecule has 3 unspecified atom stereocenters. The van der Waals surface area contributed by atoms with E-state index in [9.17, 15) is 34.1 Å².